The molecule has 4 N–H and O–H groups in total. The van der Waals surface area contributed by atoms with Crippen LogP contribution in [0.4, 0.5) is 22.7 Å². The summed E-state index contributed by atoms with van der Waals surface area (Å²) in [4.78, 5) is 25.1. The Morgan fingerprint density at radius 3 is 1.39 bits per heavy atom. The van der Waals surface area contributed by atoms with Gasteiger partial charge in [-0.3, -0.25) is 9.59 Å². The van der Waals surface area contributed by atoms with Gasteiger partial charge in [-0.15, -0.1) is 0 Å². The van der Waals surface area contributed by atoms with Gasteiger partial charge in [0.25, 0.3) is 11.8 Å². The smallest absolute Gasteiger partial charge is 0.255 e. The molecular formula is C22H22N4O2. The summed E-state index contributed by atoms with van der Waals surface area (Å²) in [5, 5.41) is 11.7. The van der Waals surface area contributed by atoms with E-state index in [1.54, 1.807) is 24.3 Å². The standard InChI is InChI=1S/C22H22N4O2/c1-23-17-8-4-10-19(13-17)25-21(27)15-6-3-7-16(12-15)22(28)26-20-11-5-9-18(14-20)24-2/h3-14,23-24H,1-2H3,(H,25,27)(H,26,28). The Morgan fingerprint density at radius 1 is 0.571 bits per heavy atom. The first kappa shape index (κ1) is 19.0. The summed E-state index contributed by atoms with van der Waals surface area (Å²) in [6.45, 7) is 0. The van der Waals surface area contributed by atoms with Crippen LogP contribution in [0.3, 0.4) is 0 Å². The van der Waals surface area contributed by atoms with Crippen LogP contribution < -0.4 is 21.3 Å². The number of nitrogens with one attached hydrogen (secondary N) is 4. The van der Waals surface area contributed by atoms with Crippen molar-refractivity contribution >= 4 is 34.6 Å². The van der Waals surface area contributed by atoms with Crippen molar-refractivity contribution in [3.63, 3.8) is 0 Å². The van der Waals surface area contributed by atoms with E-state index in [9.17, 15) is 9.59 Å². The van der Waals surface area contributed by atoms with Crippen LogP contribution in [-0.2, 0) is 0 Å². The van der Waals surface area contributed by atoms with Gasteiger partial charge in [-0.05, 0) is 54.6 Å². The number of hydrogen-bond donors (Lipinski definition) is 4. The molecule has 0 radical (unpaired) electrons. The van der Waals surface area contributed by atoms with E-state index in [0.29, 0.717) is 22.5 Å². The van der Waals surface area contributed by atoms with Crippen LogP contribution in [0.1, 0.15) is 20.7 Å². The minimum absolute atomic E-state index is 0.278. The molecule has 3 aromatic rings. The van der Waals surface area contributed by atoms with Gasteiger partial charge in [-0.2, -0.15) is 0 Å². The van der Waals surface area contributed by atoms with Crippen LogP contribution in [0.2, 0.25) is 0 Å². The maximum absolute atomic E-state index is 12.6. The van der Waals surface area contributed by atoms with E-state index >= 15 is 0 Å². The average Bonchev–Trinajstić information content (AvgIpc) is 2.74. The van der Waals surface area contributed by atoms with Gasteiger partial charge in [0.05, 0.1) is 0 Å². The molecule has 0 bridgehead atoms. The molecule has 2 amide bonds. The zero-order chi connectivity index (χ0) is 19.9. The van der Waals surface area contributed by atoms with E-state index in [-0.39, 0.29) is 11.8 Å². The minimum Gasteiger partial charge on any atom is -0.388 e. The van der Waals surface area contributed by atoms with Crippen molar-refractivity contribution in [3.8, 4) is 0 Å². The van der Waals surface area contributed by atoms with Gasteiger partial charge >= 0.3 is 0 Å². The van der Waals surface area contributed by atoms with Crippen LogP contribution in [0, 0.1) is 0 Å². The number of amides is 2. The van der Waals surface area contributed by atoms with Gasteiger partial charge in [0.1, 0.15) is 0 Å². The van der Waals surface area contributed by atoms with E-state index in [1.165, 1.54) is 0 Å². The molecule has 0 aliphatic heterocycles. The quantitative estimate of drug-likeness (QED) is 0.519. The third kappa shape index (κ3) is 4.67. The zero-order valence-corrected chi connectivity index (χ0v) is 15.7. The number of anilines is 4. The Labute approximate surface area is 164 Å². The number of hydrogen-bond acceptors (Lipinski definition) is 4. The van der Waals surface area contributed by atoms with E-state index < -0.39 is 0 Å². The number of carbonyl (C=O) groups is 2. The highest BCUT2D eigenvalue weighted by Gasteiger charge is 2.11. The SMILES string of the molecule is CNc1cccc(NC(=O)c2cccc(C(=O)Nc3cccc(NC)c3)c2)c1. The van der Waals surface area contributed by atoms with Crippen molar-refractivity contribution < 1.29 is 9.59 Å². The Bertz CT molecular complexity index is 924. The summed E-state index contributed by atoms with van der Waals surface area (Å²) in [6, 6.07) is 21.4. The molecule has 0 unspecified atom stereocenters. The van der Waals surface area contributed by atoms with Crippen LogP contribution in [-0.4, -0.2) is 25.9 Å². The van der Waals surface area contributed by atoms with Crippen molar-refractivity contribution in [1.82, 2.24) is 0 Å². The molecule has 3 rings (SSSR count). The molecule has 142 valence electrons. The number of benzene rings is 3. The first-order valence-electron chi connectivity index (χ1n) is 8.87. The summed E-state index contributed by atoms with van der Waals surface area (Å²) in [5.41, 5.74) is 3.97. The molecule has 0 saturated heterocycles. The van der Waals surface area contributed by atoms with Crippen LogP contribution in [0.5, 0.6) is 0 Å². The van der Waals surface area contributed by atoms with Crippen molar-refractivity contribution in [3.05, 3.63) is 83.9 Å². The topological polar surface area (TPSA) is 82.3 Å². The summed E-state index contributed by atoms with van der Waals surface area (Å²) in [5.74, 6) is -0.555. The second kappa shape index (κ2) is 8.73. The lowest BCUT2D eigenvalue weighted by atomic mass is 10.1. The average molecular weight is 374 g/mol. The Morgan fingerprint density at radius 2 is 0.964 bits per heavy atom. The largest absolute Gasteiger partial charge is 0.388 e. The molecule has 0 saturated carbocycles. The maximum atomic E-state index is 12.6. The highest BCUT2D eigenvalue weighted by molar-refractivity contribution is 6.08. The fourth-order valence-electron chi connectivity index (χ4n) is 2.71. The molecule has 6 nitrogen and oxygen atoms in total. The molecule has 0 fully saturated rings. The molecule has 6 heteroatoms. The zero-order valence-electron chi connectivity index (χ0n) is 15.7. The van der Waals surface area contributed by atoms with Gasteiger partial charge in [-0.1, -0.05) is 18.2 Å². The number of rotatable bonds is 6. The van der Waals surface area contributed by atoms with Crippen molar-refractivity contribution in [1.29, 1.82) is 0 Å². The lowest BCUT2D eigenvalue weighted by Crippen LogP contribution is -2.15. The van der Waals surface area contributed by atoms with Crippen LogP contribution >= 0.6 is 0 Å². The lowest BCUT2D eigenvalue weighted by Gasteiger charge is -2.10. The predicted molar refractivity (Wildman–Crippen MR) is 114 cm³/mol. The van der Waals surface area contributed by atoms with Crippen molar-refractivity contribution in [2.75, 3.05) is 35.4 Å². The number of carbonyl (C=O) groups excluding carboxylic acids is 2. The summed E-state index contributed by atoms with van der Waals surface area (Å²) in [7, 11) is 3.63. The van der Waals surface area contributed by atoms with E-state index in [2.05, 4.69) is 21.3 Å². The van der Waals surface area contributed by atoms with Gasteiger partial charge < -0.3 is 21.3 Å². The molecule has 28 heavy (non-hydrogen) atoms. The third-order valence-corrected chi connectivity index (χ3v) is 4.21. The summed E-state index contributed by atoms with van der Waals surface area (Å²) in [6.07, 6.45) is 0. The molecule has 3 aromatic carbocycles. The predicted octanol–water partition coefficient (Wildman–Crippen LogP) is 4.27. The first-order chi connectivity index (χ1) is 13.6. The van der Waals surface area contributed by atoms with Gasteiger partial charge in [0.2, 0.25) is 0 Å². The highest BCUT2D eigenvalue weighted by Crippen LogP contribution is 2.18. The van der Waals surface area contributed by atoms with Gasteiger partial charge in [0.15, 0.2) is 0 Å². The first-order valence-corrected chi connectivity index (χ1v) is 8.87. The Kier molecular flexibility index (Phi) is 5.91. The van der Waals surface area contributed by atoms with E-state index in [1.807, 2.05) is 62.6 Å². The normalized spacial score (nSPS) is 10.1. The molecule has 0 aromatic heterocycles. The lowest BCUT2D eigenvalue weighted by molar-refractivity contribution is 0.102. The fourth-order valence-corrected chi connectivity index (χ4v) is 2.71. The van der Waals surface area contributed by atoms with E-state index in [4.69, 9.17) is 0 Å². The Balaban J connectivity index is 1.73. The second-order valence-corrected chi connectivity index (χ2v) is 6.15. The molecule has 0 aliphatic rings. The molecule has 0 atom stereocenters. The van der Waals surface area contributed by atoms with Crippen molar-refractivity contribution in [2.24, 2.45) is 0 Å². The maximum Gasteiger partial charge on any atom is 0.255 e. The molecule has 0 spiro atoms. The third-order valence-electron chi connectivity index (χ3n) is 4.21. The molecule has 0 aliphatic carbocycles. The van der Waals surface area contributed by atoms with Crippen LogP contribution in [0.25, 0.3) is 0 Å². The van der Waals surface area contributed by atoms with E-state index in [0.717, 1.165) is 11.4 Å². The van der Waals surface area contributed by atoms with Crippen molar-refractivity contribution in [2.45, 2.75) is 0 Å². The fraction of sp³-hybridized carbons (Fsp3) is 0.0909. The molecule has 0 heterocycles. The summed E-state index contributed by atoms with van der Waals surface area (Å²) < 4.78 is 0. The summed E-state index contributed by atoms with van der Waals surface area (Å²) >= 11 is 0. The monoisotopic (exact) mass is 374 g/mol. The minimum atomic E-state index is -0.278. The van der Waals surface area contributed by atoms with Gasteiger partial charge in [0, 0.05) is 48.0 Å². The Hall–Kier alpha value is -3.80. The highest BCUT2D eigenvalue weighted by atomic mass is 16.2. The van der Waals surface area contributed by atoms with Crippen LogP contribution in [0.15, 0.2) is 72.8 Å². The van der Waals surface area contributed by atoms with Gasteiger partial charge in [-0.25, -0.2) is 0 Å². The molecular weight excluding hydrogens is 352 g/mol. The second-order valence-electron chi connectivity index (χ2n) is 6.15.